The summed E-state index contributed by atoms with van der Waals surface area (Å²) in [4.78, 5) is 11.5. The molecule has 19 heavy (non-hydrogen) atoms. The van der Waals surface area contributed by atoms with Crippen molar-refractivity contribution in [1.82, 2.24) is 5.32 Å². The van der Waals surface area contributed by atoms with E-state index in [1.807, 2.05) is 25.1 Å². The average Bonchev–Trinajstić information content (AvgIpc) is 2.44. The van der Waals surface area contributed by atoms with Gasteiger partial charge in [0.2, 0.25) is 5.91 Å². The Balaban J connectivity index is 0.00000180. The molecule has 0 fully saturated rings. The number of fused-ring (bicyclic) bond motifs is 1. The van der Waals surface area contributed by atoms with Gasteiger partial charge in [0, 0.05) is 13.0 Å². The molecular weight excluding hydrogens is 260 g/mol. The molecule has 2 aromatic carbocycles. The molecule has 0 saturated carbocycles. The first kappa shape index (κ1) is 15.5. The smallest absolute Gasteiger partial charge is 0.220 e. The minimum absolute atomic E-state index is 0. The fourth-order valence-electron chi connectivity index (χ4n) is 2.00. The predicted octanol–water partition coefficient (Wildman–Crippen LogP) is 2.79. The number of halogens is 1. The molecule has 0 aliphatic rings. The Morgan fingerprint density at radius 2 is 1.89 bits per heavy atom. The number of benzene rings is 2. The van der Waals surface area contributed by atoms with Crippen LogP contribution in [0.25, 0.3) is 10.8 Å². The second-order valence-corrected chi connectivity index (χ2v) is 4.32. The summed E-state index contributed by atoms with van der Waals surface area (Å²) in [6, 6.07) is 14.2. The van der Waals surface area contributed by atoms with E-state index < -0.39 is 0 Å². The molecule has 0 aliphatic heterocycles. The molecule has 0 bridgehead atoms. The number of hydrogen-bond donors (Lipinski definition) is 2. The van der Waals surface area contributed by atoms with Gasteiger partial charge in [-0.2, -0.15) is 0 Å². The lowest BCUT2D eigenvalue weighted by Crippen LogP contribution is -2.32. The van der Waals surface area contributed by atoms with Crippen LogP contribution < -0.4 is 11.1 Å². The minimum Gasteiger partial charge on any atom is -0.348 e. The van der Waals surface area contributed by atoms with Gasteiger partial charge in [-0.3, -0.25) is 4.79 Å². The van der Waals surface area contributed by atoms with Crippen LogP contribution in [-0.4, -0.2) is 12.5 Å². The molecular formula is C15H19ClN2O. The van der Waals surface area contributed by atoms with Gasteiger partial charge in [0.1, 0.15) is 0 Å². The number of amides is 1. The summed E-state index contributed by atoms with van der Waals surface area (Å²) in [5, 5.41) is 5.29. The number of nitrogens with two attached hydrogens (primary N) is 1. The first-order chi connectivity index (χ1) is 8.74. The topological polar surface area (TPSA) is 55.1 Å². The summed E-state index contributed by atoms with van der Waals surface area (Å²) < 4.78 is 0. The number of rotatable bonds is 4. The van der Waals surface area contributed by atoms with Crippen molar-refractivity contribution in [2.75, 3.05) is 6.54 Å². The molecule has 2 rings (SSSR count). The van der Waals surface area contributed by atoms with Crippen molar-refractivity contribution >= 4 is 29.1 Å². The highest BCUT2D eigenvalue weighted by Gasteiger charge is 2.11. The van der Waals surface area contributed by atoms with Crippen molar-refractivity contribution < 1.29 is 4.79 Å². The van der Waals surface area contributed by atoms with Gasteiger partial charge in [0.05, 0.1) is 6.04 Å². The van der Waals surface area contributed by atoms with Gasteiger partial charge in [0.25, 0.3) is 0 Å². The van der Waals surface area contributed by atoms with Gasteiger partial charge in [-0.15, -0.1) is 12.4 Å². The highest BCUT2D eigenvalue weighted by molar-refractivity contribution is 5.85. The molecule has 3 N–H and O–H groups in total. The lowest BCUT2D eigenvalue weighted by Gasteiger charge is -2.17. The van der Waals surface area contributed by atoms with E-state index in [4.69, 9.17) is 5.73 Å². The monoisotopic (exact) mass is 278 g/mol. The maximum atomic E-state index is 11.5. The van der Waals surface area contributed by atoms with E-state index >= 15 is 0 Å². The van der Waals surface area contributed by atoms with Crippen LogP contribution in [-0.2, 0) is 4.79 Å². The van der Waals surface area contributed by atoms with Crippen LogP contribution in [0.4, 0.5) is 0 Å². The highest BCUT2D eigenvalue weighted by atomic mass is 35.5. The predicted molar refractivity (Wildman–Crippen MR) is 81.4 cm³/mol. The molecule has 3 nitrogen and oxygen atoms in total. The quantitative estimate of drug-likeness (QED) is 0.904. The van der Waals surface area contributed by atoms with Gasteiger partial charge < -0.3 is 11.1 Å². The number of nitrogens with one attached hydrogen (secondary N) is 1. The van der Waals surface area contributed by atoms with E-state index in [1.54, 1.807) is 0 Å². The third kappa shape index (κ3) is 3.69. The Morgan fingerprint density at radius 1 is 1.21 bits per heavy atom. The zero-order chi connectivity index (χ0) is 13.0. The lowest BCUT2D eigenvalue weighted by molar-refractivity contribution is -0.121. The van der Waals surface area contributed by atoms with Crippen molar-refractivity contribution in [1.29, 1.82) is 0 Å². The fraction of sp³-hybridized carbons (Fsp3) is 0.267. The van der Waals surface area contributed by atoms with E-state index in [2.05, 4.69) is 29.6 Å². The van der Waals surface area contributed by atoms with Crippen LogP contribution >= 0.6 is 12.4 Å². The van der Waals surface area contributed by atoms with Crippen molar-refractivity contribution in [3.8, 4) is 0 Å². The number of carbonyl (C=O) groups excluding carboxylic acids is 1. The Morgan fingerprint density at radius 3 is 2.53 bits per heavy atom. The number of carbonyl (C=O) groups is 1. The molecule has 0 saturated heterocycles. The third-order valence-corrected chi connectivity index (χ3v) is 3.07. The van der Waals surface area contributed by atoms with Crippen LogP contribution in [0.1, 0.15) is 24.9 Å². The van der Waals surface area contributed by atoms with E-state index in [0.29, 0.717) is 13.0 Å². The zero-order valence-corrected chi connectivity index (χ0v) is 11.7. The minimum atomic E-state index is -0.109. The molecule has 0 aliphatic carbocycles. The van der Waals surface area contributed by atoms with Gasteiger partial charge >= 0.3 is 0 Å². The maximum Gasteiger partial charge on any atom is 0.220 e. The molecule has 1 unspecified atom stereocenters. The van der Waals surface area contributed by atoms with Gasteiger partial charge in [-0.25, -0.2) is 0 Å². The van der Waals surface area contributed by atoms with Crippen LogP contribution in [0.3, 0.4) is 0 Å². The second kappa shape index (κ2) is 7.12. The van der Waals surface area contributed by atoms with Crippen LogP contribution in [0.2, 0.25) is 0 Å². The first-order valence-corrected chi connectivity index (χ1v) is 6.22. The molecule has 0 spiro atoms. The summed E-state index contributed by atoms with van der Waals surface area (Å²) in [7, 11) is 0. The summed E-state index contributed by atoms with van der Waals surface area (Å²) in [6.45, 7) is 2.24. The fourth-order valence-corrected chi connectivity index (χ4v) is 2.00. The van der Waals surface area contributed by atoms with Crippen LogP contribution in [0.5, 0.6) is 0 Å². The van der Waals surface area contributed by atoms with E-state index in [-0.39, 0.29) is 24.4 Å². The van der Waals surface area contributed by atoms with Gasteiger partial charge in [-0.1, -0.05) is 43.3 Å². The lowest BCUT2D eigenvalue weighted by atomic mass is 10.0. The Bertz CT molecular complexity index is 557. The van der Waals surface area contributed by atoms with Crippen LogP contribution in [0, 0.1) is 0 Å². The molecule has 1 atom stereocenters. The van der Waals surface area contributed by atoms with Crippen molar-refractivity contribution in [2.45, 2.75) is 19.4 Å². The van der Waals surface area contributed by atoms with Crippen molar-refractivity contribution in [2.24, 2.45) is 5.73 Å². The summed E-state index contributed by atoms with van der Waals surface area (Å²) in [6.07, 6.45) is 0.476. The summed E-state index contributed by atoms with van der Waals surface area (Å²) in [5.41, 5.74) is 6.79. The Hall–Kier alpha value is -1.58. The Labute approximate surface area is 119 Å². The molecule has 0 aromatic heterocycles. The maximum absolute atomic E-state index is 11.5. The summed E-state index contributed by atoms with van der Waals surface area (Å²) >= 11 is 0. The molecule has 1 amide bonds. The normalized spacial score (nSPS) is 11.7. The van der Waals surface area contributed by atoms with Crippen LogP contribution in [0.15, 0.2) is 42.5 Å². The molecule has 0 heterocycles. The standard InChI is InChI=1S/C15H18N2O.ClH/c1-2-15(18)17-14(10-16)13-8-7-11-5-3-4-6-12(11)9-13;/h3-9,14H,2,10,16H2,1H3,(H,17,18);1H. The van der Waals surface area contributed by atoms with Crippen molar-refractivity contribution in [3.63, 3.8) is 0 Å². The Kier molecular flexibility index (Phi) is 5.80. The largest absolute Gasteiger partial charge is 0.348 e. The molecule has 102 valence electrons. The van der Waals surface area contributed by atoms with E-state index in [9.17, 15) is 4.79 Å². The summed E-state index contributed by atoms with van der Waals surface area (Å²) in [5.74, 6) is 0.0265. The average molecular weight is 279 g/mol. The molecule has 4 heteroatoms. The van der Waals surface area contributed by atoms with Gasteiger partial charge in [-0.05, 0) is 22.4 Å². The van der Waals surface area contributed by atoms with Crippen molar-refractivity contribution in [3.05, 3.63) is 48.0 Å². The first-order valence-electron chi connectivity index (χ1n) is 6.22. The number of hydrogen-bond acceptors (Lipinski definition) is 2. The SMILES string of the molecule is CCC(=O)NC(CN)c1ccc2ccccc2c1.Cl. The van der Waals surface area contributed by atoms with Gasteiger partial charge in [0.15, 0.2) is 0 Å². The molecule has 2 aromatic rings. The third-order valence-electron chi connectivity index (χ3n) is 3.07. The highest BCUT2D eigenvalue weighted by Crippen LogP contribution is 2.20. The molecule has 0 radical (unpaired) electrons. The zero-order valence-electron chi connectivity index (χ0n) is 10.9. The van der Waals surface area contributed by atoms with E-state index in [1.165, 1.54) is 10.8 Å². The second-order valence-electron chi connectivity index (χ2n) is 4.32. The van der Waals surface area contributed by atoms with E-state index in [0.717, 1.165) is 5.56 Å².